The number of carbonyl (C=O) groups excluding carboxylic acids is 2. The summed E-state index contributed by atoms with van der Waals surface area (Å²) in [7, 11) is 0. The molecule has 0 aromatic heterocycles. The van der Waals surface area contributed by atoms with Crippen molar-refractivity contribution < 1.29 is 9.59 Å². The Kier molecular flexibility index (Phi) is 6.32. The molecule has 0 saturated heterocycles. The first kappa shape index (κ1) is 17.9. The Morgan fingerprint density at radius 2 is 1.58 bits per heavy atom. The third-order valence-corrected chi connectivity index (χ3v) is 3.96. The second kappa shape index (κ2) is 8.45. The quantitative estimate of drug-likeness (QED) is 0.615. The second-order valence-corrected chi connectivity index (χ2v) is 6.52. The minimum absolute atomic E-state index is 0.370. The highest BCUT2D eigenvalue weighted by atomic mass is 79.9. The fourth-order valence-electron chi connectivity index (χ4n) is 2.00. The Labute approximate surface area is 150 Å². The van der Waals surface area contributed by atoms with Crippen LogP contribution >= 0.6 is 15.9 Å². The predicted octanol–water partition coefficient (Wildman–Crippen LogP) is 4.05. The van der Waals surface area contributed by atoms with Crippen molar-refractivity contribution in [3.8, 4) is 0 Å². The Bertz CT molecular complexity index is 735. The third-order valence-electron chi connectivity index (χ3n) is 3.44. The molecule has 124 valence electrons. The van der Waals surface area contributed by atoms with Crippen molar-refractivity contribution in [3.05, 3.63) is 75.8 Å². The van der Waals surface area contributed by atoms with Gasteiger partial charge >= 0.3 is 0 Å². The summed E-state index contributed by atoms with van der Waals surface area (Å²) in [6.07, 6.45) is 3.08. The van der Waals surface area contributed by atoms with E-state index in [4.69, 9.17) is 0 Å². The zero-order valence-electron chi connectivity index (χ0n) is 13.5. The maximum Gasteiger partial charge on any atom is 0.269 e. The first-order chi connectivity index (χ1) is 11.5. The third kappa shape index (κ3) is 5.35. The molecule has 0 heterocycles. The van der Waals surface area contributed by atoms with Crippen LogP contribution in [0.2, 0.25) is 0 Å². The average molecular weight is 387 g/mol. The van der Waals surface area contributed by atoms with E-state index in [1.807, 2.05) is 24.3 Å². The van der Waals surface area contributed by atoms with Crippen molar-refractivity contribution in [1.82, 2.24) is 10.9 Å². The molecular weight excluding hydrogens is 368 g/mol. The number of carbonyl (C=O) groups is 2. The van der Waals surface area contributed by atoms with Crippen molar-refractivity contribution in [1.29, 1.82) is 0 Å². The molecule has 0 aliphatic rings. The first-order valence-electron chi connectivity index (χ1n) is 7.59. The summed E-state index contributed by atoms with van der Waals surface area (Å²) in [4.78, 5) is 23.6. The van der Waals surface area contributed by atoms with E-state index in [1.54, 1.807) is 30.3 Å². The minimum Gasteiger partial charge on any atom is -0.268 e. The maximum absolute atomic E-state index is 11.9. The summed E-state index contributed by atoms with van der Waals surface area (Å²) in [5.74, 6) is -0.293. The SMILES string of the molecule is CC(C)c1ccc(/C=C/C(=O)NNC(=O)c2ccc(Br)cc2)cc1. The Hall–Kier alpha value is -2.40. The monoisotopic (exact) mass is 386 g/mol. The van der Waals surface area contributed by atoms with Gasteiger partial charge in [-0.2, -0.15) is 0 Å². The van der Waals surface area contributed by atoms with Gasteiger partial charge < -0.3 is 0 Å². The van der Waals surface area contributed by atoms with Crippen LogP contribution < -0.4 is 10.9 Å². The zero-order valence-corrected chi connectivity index (χ0v) is 15.1. The molecule has 0 bridgehead atoms. The van der Waals surface area contributed by atoms with E-state index in [2.05, 4.69) is 40.6 Å². The van der Waals surface area contributed by atoms with Crippen molar-refractivity contribution in [2.45, 2.75) is 19.8 Å². The summed E-state index contributed by atoms with van der Waals surface area (Å²) < 4.78 is 0.884. The van der Waals surface area contributed by atoms with Crippen LogP contribution in [0.15, 0.2) is 59.1 Å². The van der Waals surface area contributed by atoms with Crippen LogP contribution in [0.4, 0.5) is 0 Å². The molecule has 2 aromatic rings. The number of hydrogen-bond donors (Lipinski definition) is 2. The standard InChI is InChI=1S/C19H19BrN2O2/c1-13(2)15-6-3-14(4-7-15)5-12-18(23)21-22-19(24)16-8-10-17(20)11-9-16/h3-13H,1-2H3,(H,21,23)(H,22,24)/b12-5+. The normalized spacial score (nSPS) is 10.8. The molecule has 2 N–H and O–H groups in total. The van der Waals surface area contributed by atoms with Gasteiger partial charge in [-0.3, -0.25) is 20.4 Å². The highest BCUT2D eigenvalue weighted by Gasteiger charge is 2.05. The average Bonchev–Trinajstić information content (AvgIpc) is 2.58. The number of benzene rings is 2. The van der Waals surface area contributed by atoms with Gasteiger partial charge in [0.1, 0.15) is 0 Å². The van der Waals surface area contributed by atoms with Crippen molar-refractivity contribution >= 4 is 33.8 Å². The van der Waals surface area contributed by atoms with Crippen LogP contribution in [0.25, 0.3) is 6.08 Å². The number of nitrogens with one attached hydrogen (secondary N) is 2. The lowest BCUT2D eigenvalue weighted by atomic mass is 10.0. The maximum atomic E-state index is 11.9. The molecule has 24 heavy (non-hydrogen) atoms. The topological polar surface area (TPSA) is 58.2 Å². The molecule has 2 amide bonds. The molecule has 0 aliphatic carbocycles. The molecule has 0 unspecified atom stereocenters. The minimum atomic E-state index is -0.395. The van der Waals surface area contributed by atoms with Gasteiger partial charge in [-0.05, 0) is 47.4 Å². The molecule has 0 radical (unpaired) electrons. The van der Waals surface area contributed by atoms with Crippen molar-refractivity contribution in [2.24, 2.45) is 0 Å². The molecular formula is C19H19BrN2O2. The van der Waals surface area contributed by atoms with Gasteiger partial charge in [-0.15, -0.1) is 0 Å². The molecule has 0 saturated carbocycles. The molecule has 2 aromatic carbocycles. The van der Waals surface area contributed by atoms with E-state index in [0.29, 0.717) is 11.5 Å². The Morgan fingerprint density at radius 3 is 2.17 bits per heavy atom. The van der Waals surface area contributed by atoms with E-state index in [-0.39, 0.29) is 5.91 Å². The first-order valence-corrected chi connectivity index (χ1v) is 8.39. The zero-order chi connectivity index (χ0) is 17.5. The molecule has 0 spiro atoms. The summed E-state index contributed by atoms with van der Waals surface area (Å²) in [6, 6.07) is 14.8. The van der Waals surface area contributed by atoms with Gasteiger partial charge in [0.25, 0.3) is 11.8 Å². The summed E-state index contributed by atoms with van der Waals surface area (Å²) in [5, 5.41) is 0. The Morgan fingerprint density at radius 1 is 0.958 bits per heavy atom. The lowest BCUT2D eigenvalue weighted by Crippen LogP contribution is -2.40. The lowest BCUT2D eigenvalue weighted by Gasteiger charge is -2.06. The molecule has 0 atom stereocenters. The molecule has 2 rings (SSSR count). The van der Waals surface area contributed by atoms with Gasteiger partial charge in [0.05, 0.1) is 0 Å². The van der Waals surface area contributed by atoms with Crippen molar-refractivity contribution in [2.75, 3.05) is 0 Å². The van der Waals surface area contributed by atoms with Crippen LogP contribution in [0.3, 0.4) is 0 Å². The number of rotatable bonds is 4. The number of hydrogen-bond acceptors (Lipinski definition) is 2. The largest absolute Gasteiger partial charge is 0.269 e. The van der Waals surface area contributed by atoms with Crippen LogP contribution in [0.1, 0.15) is 41.3 Å². The van der Waals surface area contributed by atoms with Gasteiger partial charge in [0.15, 0.2) is 0 Å². The van der Waals surface area contributed by atoms with Crippen LogP contribution in [-0.4, -0.2) is 11.8 Å². The van der Waals surface area contributed by atoms with Crippen LogP contribution in [-0.2, 0) is 4.79 Å². The summed E-state index contributed by atoms with van der Waals surface area (Å²) in [6.45, 7) is 4.26. The van der Waals surface area contributed by atoms with Gasteiger partial charge in [-0.25, -0.2) is 0 Å². The van der Waals surface area contributed by atoms with Gasteiger partial charge in [-0.1, -0.05) is 54.0 Å². The highest BCUT2D eigenvalue weighted by molar-refractivity contribution is 9.10. The second-order valence-electron chi connectivity index (χ2n) is 5.60. The summed E-state index contributed by atoms with van der Waals surface area (Å²) in [5.41, 5.74) is 7.37. The van der Waals surface area contributed by atoms with Crippen molar-refractivity contribution in [3.63, 3.8) is 0 Å². The van der Waals surface area contributed by atoms with Gasteiger partial charge in [0, 0.05) is 16.1 Å². The fourth-order valence-corrected chi connectivity index (χ4v) is 2.26. The van der Waals surface area contributed by atoms with Gasteiger partial charge in [0.2, 0.25) is 0 Å². The van der Waals surface area contributed by atoms with Crippen LogP contribution in [0.5, 0.6) is 0 Å². The summed E-state index contributed by atoms with van der Waals surface area (Å²) >= 11 is 3.30. The van der Waals surface area contributed by atoms with E-state index in [0.717, 1.165) is 10.0 Å². The fraction of sp³-hybridized carbons (Fsp3) is 0.158. The van der Waals surface area contributed by atoms with E-state index >= 15 is 0 Å². The smallest absolute Gasteiger partial charge is 0.268 e. The number of amides is 2. The molecule has 4 nitrogen and oxygen atoms in total. The lowest BCUT2D eigenvalue weighted by molar-refractivity contribution is -0.117. The molecule has 0 aliphatic heterocycles. The van der Waals surface area contributed by atoms with Crippen LogP contribution in [0, 0.1) is 0 Å². The van der Waals surface area contributed by atoms with E-state index in [1.165, 1.54) is 11.6 Å². The predicted molar refractivity (Wildman–Crippen MR) is 99.3 cm³/mol. The highest BCUT2D eigenvalue weighted by Crippen LogP contribution is 2.15. The molecule has 5 heteroatoms. The molecule has 0 fully saturated rings. The number of hydrazine groups is 1. The van der Waals surface area contributed by atoms with E-state index in [9.17, 15) is 9.59 Å². The van der Waals surface area contributed by atoms with E-state index < -0.39 is 5.91 Å². The Balaban J connectivity index is 1.86. The number of halogens is 1.